The highest BCUT2D eigenvalue weighted by Gasteiger charge is 2.50. The third kappa shape index (κ3) is 4.87. The molecule has 0 aromatic heterocycles. The highest BCUT2D eigenvalue weighted by Crippen LogP contribution is 2.41. The Morgan fingerprint density at radius 2 is 1.84 bits per heavy atom. The van der Waals surface area contributed by atoms with E-state index >= 15 is 0 Å². The molecule has 1 amide bonds. The second-order valence-electron chi connectivity index (χ2n) is 8.18. The van der Waals surface area contributed by atoms with E-state index in [0.29, 0.717) is 11.7 Å². The Balaban J connectivity index is 1.43. The van der Waals surface area contributed by atoms with E-state index in [-0.39, 0.29) is 17.6 Å². The first kappa shape index (κ1) is 21.7. The number of anilines is 2. The fourth-order valence-corrected chi connectivity index (χ4v) is 5.37. The lowest BCUT2D eigenvalue weighted by Crippen LogP contribution is -2.53. The Bertz CT molecular complexity index is 936. The largest absolute Gasteiger partial charge is 0.390 e. The zero-order chi connectivity index (χ0) is 22.0. The number of carbonyl (C=O) groups is 1. The van der Waals surface area contributed by atoms with Crippen LogP contribution in [0.15, 0.2) is 59.6 Å². The van der Waals surface area contributed by atoms with Crippen LogP contribution in [0.25, 0.3) is 0 Å². The third-order valence-corrected chi connectivity index (χ3v) is 7.08. The SMILES string of the molecule is CN(C)c1ccc(NC2=N[C@H]3[C@@H](O)[C@H](O)C[C@H](C(=O)NCc4ccccc4)[C@H]3S2)cc1. The molecule has 5 atom stereocenters. The third-order valence-electron chi connectivity index (χ3n) is 5.77. The van der Waals surface area contributed by atoms with E-state index in [1.54, 1.807) is 0 Å². The maximum Gasteiger partial charge on any atom is 0.224 e. The van der Waals surface area contributed by atoms with Crippen LogP contribution < -0.4 is 15.5 Å². The van der Waals surface area contributed by atoms with E-state index in [2.05, 4.69) is 15.6 Å². The van der Waals surface area contributed by atoms with Gasteiger partial charge in [0.05, 0.1) is 18.1 Å². The lowest BCUT2D eigenvalue weighted by Gasteiger charge is -2.37. The quantitative estimate of drug-likeness (QED) is 0.568. The molecule has 2 aromatic rings. The molecule has 1 saturated carbocycles. The Labute approximate surface area is 186 Å². The van der Waals surface area contributed by atoms with Crippen LogP contribution in [0.1, 0.15) is 12.0 Å². The van der Waals surface area contributed by atoms with Gasteiger partial charge < -0.3 is 25.7 Å². The maximum atomic E-state index is 12.9. The van der Waals surface area contributed by atoms with Crippen molar-refractivity contribution >= 4 is 34.2 Å². The van der Waals surface area contributed by atoms with Crippen molar-refractivity contribution in [1.29, 1.82) is 0 Å². The number of hydrogen-bond acceptors (Lipinski definition) is 7. The summed E-state index contributed by atoms with van der Waals surface area (Å²) < 4.78 is 0. The number of rotatable bonds is 5. The van der Waals surface area contributed by atoms with Gasteiger partial charge >= 0.3 is 0 Å². The van der Waals surface area contributed by atoms with E-state index in [9.17, 15) is 15.0 Å². The predicted octanol–water partition coefficient (Wildman–Crippen LogP) is 2.06. The van der Waals surface area contributed by atoms with Gasteiger partial charge in [0, 0.05) is 37.3 Å². The summed E-state index contributed by atoms with van der Waals surface area (Å²) in [5.41, 5.74) is 2.99. The van der Waals surface area contributed by atoms with Crippen LogP contribution in [0.5, 0.6) is 0 Å². The van der Waals surface area contributed by atoms with Crippen molar-refractivity contribution in [2.45, 2.75) is 36.5 Å². The van der Waals surface area contributed by atoms with Crippen molar-refractivity contribution in [3.05, 3.63) is 60.2 Å². The normalized spacial score (nSPS) is 27.2. The minimum atomic E-state index is -0.980. The number of amides is 1. The van der Waals surface area contributed by atoms with Crippen molar-refractivity contribution in [2.24, 2.45) is 10.9 Å². The molecule has 0 radical (unpaired) electrons. The van der Waals surface area contributed by atoms with E-state index in [0.717, 1.165) is 16.9 Å². The molecule has 1 aliphatic heterocycles. The van der Waals surface area contributed by atoms with E-state index < -0.39 is 24.2 Å². The minimum Gasteiger partial charge on any atom is -0.390 e. The lowest BCUT2D eigenvalue weighted by atomic mass is 9.81. The Kier molecular flexibility index (Phi) is 6.50. The van der Waals surface area contributed by atoms with Gasteiger partial charge in [-0.2, -0.15) is 0 Å². The molecule has 2 aromatic carbocycles. The Hall–Kier alpha value is -2.55. The monoisotopic (exact) mass is 440 g/mol. The molecular formula is C23H28N4O3S. The summed E-state index contributed by atoms with van der Waals surface area (Å²) in [7, 11) is 3.97. The van der Waals surface area contributed by atoms with E-state index in [4.69, 9.17) is 0 Å². The maximum absolute atomic E-state index is 12.9. The number of amidine groups is 1. The van der Waals surface area contributed by atoms with Crippen LogP contribution in [0.4, 0.5) is 11.4 Å². The van der Waals surface area contributed by atoms with Crippen LogP contribution in [0.2, 0.25) is 0 Å². The molecule has 1 aliphatic carbocycles. The molecule has 0 saturated heterocycles. The fourth-order valence-electron chi connectivity index (χ4n) is 3.99. The summed E-state index contributed by atoms with van der Waals surface area (Å²) in [5.74, 6) is -0.555. The molecule has 4 rings (SSSR count). The molecule has 0 bridgehead atoms. The Morgan fingerprint density at radius 3 is 2.52 bits per heavy atom. The van der Waals surface area contributed by atoms with Crippen molar-refractivity contribution in [3.8, 4) is 0 Å². The average molecular weight is 441 g/mol. The molecule has 31 heavy (non-hydrogen) atoms. The van der Waals surface area contributed by atoms with Gasteiger partial charge in [-0.25, -0.2) is 0 Å². The van der Waals surface area contributed by atoms with Crippen LogP contribution >= 0.6 is 11.8 Å². The van der Waals surface area contributed by atoms with Crippen LogP contribution in [-0.2, 0) is 11.3 Å². The van der Waals surface area contributed by atoms with E-state index in [1.807, 2.05) is 73.6 Å². The highest BCUT2D eigenvalue weighted by atomic mass is 32.2. The fraction of sp³-hybridized carbons (Fsp3) is 0.391. The second-order valence-corrected chi connectivity index (χ2v) is 9.34. The summed E-state index contributed by atoms with van der Waals surface area (Å²) >= 11 is 1.46. The summed E-state index contributed by atoms with van der Waals surface area (Å²) in [6, 6.07) is 17.1. The first-order valence-corrected chi connectivity index (χ1v) is 11.3. The minimum absolute atomic E-state index is 0.121. The number of hydrogen-bond donors (Lipinski definition) is 4. The van der Waals surface area contributed by atoms with Gasteiger partial charge in [0.1, 0.15) is 6.10 Å². The van der Waals surface area contributed by atoms with Gasteiger partial charge in [-0.15, -0.1) is 0 Å². The van der Waals surface area contributed by atoms with Gasteiger partial charge in [0.15, 0.2) is 5.17 Å². The zero-order valence-corrected chi connectivity index (χ0v) is 18.4. The standard InChI is InChI=1S/C23H28N4O3S/c1-27(2)16-10-8-15(9-11-16)25-23-26-19-20(29)18(28)12-17(21(19)31-23)22(30)24-13-14-6-4-3-5-7-14/h3-11,17-21,28-29H,12-13H2,1-2H3,(H,24,30)(H,25,26)/t17-,18+,19-,20-,21+/m0/s1. The second kappa shape index (κ2) is 9.30. The van der Waals surface area contributed by atoms with Crippen LogP contribution in [0, 0.1) is 5.92 Å². The number of benzene rings is 2. The first-order valence-electron chi connectivity index (χ1n) is 10.4. The van der Waals surface area contributed by atoms with Gasteiger partial charge in [-0.1, -0.05) is 42.1 Å². The molecule has 0 spiro atoms. The van der Waals surface area contributed by atoms with Crippen molar-refractivity contribution < 1.29 is 15.0 Å². The molecule has 8 heteroatoms. The number of aliphatic imine (C=N–C) groups is 1. The van der Waals surface area contributed by atoms with E-state index in [1.165, 1.54) is 11.8 Å². The highest BCUT2D eigenvalue weighted by molar-refractivity contribution is 8.15. The van der Waals surface area contributed by atoms with Gasteiger partial charge in [-0.05, 0) is 36.2 Å². The van der Waals surface area contributed by atoms with Gasteiger partial charge in [-0.3, -0.25) is 9.79 Å². The lowest BCUT2D eigenvalue weighted by molar-refractivity contribution is -0.129. The van der Waals surface area contributed by atoms with Crippen molar-refractivity contribution in [2.75, 3.05) is 24.3 Å². The zero-order valence-electron chi connectivity index (χ0n) is 17.6. The van der Waals surface area contributed by atoms with Crippen molar-refractivity contribution in [1.82, 2.24) is 5.32 Å². The number of aliphatic hydroxyl groups is 2. The van der Waals surface area contributed by atoms with Crippen LogP contribution in [0.3, 0.4) is 0 Å². The number of carbonyl (C=O) groups excluding carboxylic acids is 1. The number of nitrogens with one attached hydrogen (secondary N) is 2. The number of aliphatic hydroxyl groups excluding tert-OH is 2. The summed E-state index contributed by atoms with van der Waals surface area (Å²) in [5, 5.41) is 27.5. The molecule has 4 N–H and O–H groups in total. The number of fused-ring (bicyclic) bond motifs is 1. The topological polar surface area (TPSA) is 97.2 Å². The molecule has 0 unspecified atom stereocenters. The molecule has 1 heterocycles. The number of thioether (sulfide) groups is 1. The molecule has 1 fully saturated rings. The smallest absolute Gasteiger partial charge is 0.224 e. The Morgan fingerprint density at radius 1 is 1.13 bits per heavy atom. The summed E-state index contributed by atoms with van der Waals surface area (Å²) in [6.07, 6.45) is -1.74. The number of nitrogens with zero attached hydrogens (tertiary/aromatic N) is 2. The summed E-state index contributed by atoms with van der Waals surface area (Å²) in [6.45, 7) is 0.432. The molecule has 164 valence electrons. The summed E-state index contributed by atoms with van der Waals surface area (Å²) in [4.78, 5) is 19.6. The first-order chi connectivity index (χ1) is 14.9. The average Bonchev–Trinajstić information content (AvgIpc) is 3.19. The van der Waals surface area contributed by atoms with Gasteiger partial charge in [0.25, 0.3) is 0 Å². The molecular weight excluding hydrogens is 412 g/mol. The predicted molar refractivity (Wildman–Crippen MR) is 125 cm³/mol. The van der Waals surface area contributed by atoms with Crippen molar-refractivity contribution in [3.63, 3.8) is 0 Å². The van der Waals surface area contributed by atoms with Gasteiger partial charge in [0.2, 0.25) is 5.91 Å². The van der Waals surface area contributed by atoms with Crippen LogP contribution in [-0.4, -0.2) is 58.9 Å². The molecule has 2 aliphatic rings. The molecule has 7 nitrogen and oxygen atoms in total.